The van der Waals surface area contributed by atoms with Crippen LogP contribution in [0, 0.1) is 11.8 Å². The summed E-state index contributed by atoms with van der Waals surface area (Å²) >= 11 is 6.03. The molecule has 5 heteroatoms. The second-order valence-electron chi connectivity index (χ2n) is 7.16. The first-order valence-corrected chi connectivity index (χ1v) is 9.30. The number of hydrogen-bond acceptors (Lipinski definition) is 2. The predicted octanol–water partition coefficient (Wildman–Crippen LogP) is 4.50. The lowest BCUT2D eigenvalue weighted by molar-refractivity contribution is -0.127. The van der Waals surface area contributed by atoms with E-state index in [1.165, 1.54) is 31.2 Å². The maximum atomic E-state index is 12.8. The maximum absolute atomic E-state index is 12.8. The number of halogens is 2. The quantitative estimate of drug-likeness (QED) is 0.818. The van der Waals surface area contributed by atoms with Gasteiger partial charge < -0.3 is 10.6 Å². The highest BCUT2D eigenvalue weighted by Gasteiger charge is 2.31. The van der Waals surface area contributed by atoms with Crippen LogP contribution < -0.4 is 10.6 Å². The van der Waals surface area contributed by atoms with Gasteiger partial charge in [-0.25, -0.2) is 0 Å². The third-order valence-corrected chi connectivity index (χ3v) is 5.64. The predicted molar refractivity (Wildman–Crippen MR) is 102 cm³/mol. The van der Waals surface area contributed by atoms with Crippen molar-refractivity contribution in [1.29, 1.82) is 0 Å². The molecule has 134 valence electrons. The number of nitrogens with one attached hydrogen (secondary N) is 2. The summed E-state index contributed by atoms with van der Waals surface area (Å²) in [5, 5.41) is 7.54. The van der Waals surface area contributed by atoms with Crippen LogP contribution in [-0.2, 0) is 4.79 Å². The SMILES string of the molecule is C[C@H]1C[C@@H](C(=O)NC(c2ccc(Cl)cc2)C2CCCC2)CCN1.Cl. The lowest BCUT2D eigenvalue weighted by Crippen LogP contribution is -2.44. The summed E-state index contributed by atoms with van der Waals surface area (Å²) in [7, 11) is 0. The van der Waals surface area contributed by atoms with Crippen molar-refractivity contribution in [3.63, 3.8) is 0 Å². The molecule has 2 fully saturated rings. The van der Waals surface area contributed by atoms with Gasteiger partial charge in [0.1, 0.15) is 0 Å². The van der Waals surface area contributed by atoms with Crippen molar-refractivity contribution in [1.82, 2.24) is 10.6 Å². The van der Waals surface area contributed by atoms with Crippen molar-refractivity contribution in [2.75, 3.05) is 6.54 Å². The van der Waals surface area contributed by atoms with E-state index in [9.17, 15) is 4.79 Å². The van der Waals surface area contributed by atoms with Crippen LogP contribution in [0.1, 0.15) is 57.1 Å². The highest BCUT2D eigenvalue weighted by Crippen LogP contribution is 2.36. The molecule has 1 heterocycles. The second kappa shape index (κ2) is 9.07. The second-order valence-corrected chi connectivity index (χ2v) is 7.60. The summed E-state index contributed by atoms with van der Waals surface area (Å²) in [6, 6.07) is 8.55. The maximum Gasteiger partial charge on any atom is 0.223 e. The fraction of sp³-hybridized carbons (Fsp3) is 0.632. The molecule has 3 rings (SSSR count). The molecule has 24 heavy (non-hydrogen) atoms. The normalized spacial score (nSPS) is 25.8. The number of hydrogen-bond donors (Lipinski definition) is 2. The smallest absolute Gasteiger partial charge is 0.223 e. The summed E-state index contributed by atoms with van der Waals surface area (Å²) in [4.78, 5) is 12.8. The molecular weight excluding hydrogens is 343 g/mol. The number of amides is 1. The molecule has 2 N–H and O–H groups in total. The summed E-state index contributed by atoms with van der Waals surface area (Å²) < 4.78 is 0. The van der Waals surface area contributed by atoms with Crippen LogP contribution >= 0.6 is 24.0 Å². The molecule has 3 nitrogen and oxygen atoms in total. The molecule has 3 atom stereocenters. The number of carbonyl (C=O) groups is 1. The largest absolute Gasteiger partial charge is 0.349 e. The zero-order valence-electron chi connectivity index (χ0n) is 14.3. The standard InChI is InChI=1S/C19H27ClN2O.ClH/c1-13-12-16(10-11-21-13)19(23)22-18(14-4-2-3-5-14)15-6-8-17(20)9-7-15;/h6-9,13-14,16,18,21H,2-5,10-12H2,1H3,(H,22,23);1H/t13-,16-,18?;/m0./s1. The van der Waals surface area contributed by atoms with Crippen LogP contribution in [0.5, 0.6) is 0 Å². The zero-order valence-corrected chi connectivity index (χ0v) is 15.8. The van der Waals surface area contributed by atoms with Crippen LogP contribution in [0.25, 0.3) is 0 Å². The van der Waals surface area contributed by atoms with Crippen LogP contribution in [0.2, 0.25) is 5.02 Å². The summed E-state index contributed by atoms with van der Waals surface area (Å²) in [5.41, 5.74) is 1.19. The molecule has 1 aliphatic carbocycles. The van der Waals surface area contributed by atoms with Crippen molar-refractivity contribution >= 4 is 29.9 Å². The average molecular weight is 371 g/mol. The molecule has 1 aromatic rings. The molecular formula is C19H28Cl2N2O. The van der Waals surface area contributed by atoms with E-state index in [2.05, 4.69) is 29.7 Å². The van der Waals surface area contributed by atoms with Gasteiger partial charge in [-0.3, -0.25) is 4.79 Å². The fourth-order valence-electron chi connectivity index (χ4n) is 4.08. The van der Waals surface area contributed by atoms with Crippen LogP contribution in [0.15, 0.2) is 24.3 Å². The summed E-state index contributed by atoms with van der Waals surface area (Å²) in [6.07, 6.45) is 6.83. The first kappa shape index (κ1) is 19.6. The third-order valence-electron chi connectivity index (χ3n) is 5.39. The minimum atomic E-state index is 0. The molecule has 0 radical (unpaired) electrons. The Kier molecular flexibility index (Phi) is 7.39. The van der Waals surface area contributed by atoms with Gasteiger partial charge in [0, 0.05) is 17.0 Å². The van der Waals surface area contributed by atoms with Gasteiger partial charge in [0.2, 0.25) is 5.91 Å². The number of piperidine rings is 1. The van der Waals surface area contributed by atoms with E-state index in [-0.39, 0.29) is 30.3 Å². The Labute approximate surface area is 156 Å². The van der Waals surface area contributed by atoms with Gasteiger partial charge in [0.25, 0.3) is 0 Å². The Bertz CT molecular complexity index is 529. The Balaban J connectivity index is 0.00000208. The molecule has 1 aliphatic heterocycles. The van der Waals surface area contributed by atoms with E-state index in [1.807, 2.05) is 12.1 Å². The molecule has 1 amide bonds. The molecule has 0 spiro atoms. The molecule has 0 bridgehead atoms. The topological polar surface area (TPSA) is 41.1 Å². The average Bonchev–Trinajstić information content (AvgIpc) is 3.07. The monoisotopic (exact) mass is 370 g/mol. The number of rotatable bonds is 4. The number of benzene rings is 1. The van der Waals surface area contributed by atoms with Crippen molar-refractivity contribution < 1.29 is 4.79 Å². The van der Waals surface area contributed by atoms with Gasteiger partial charge in [0.05, 0.1) is 6.04 Å². The lowest BCUT2D eigenvalue weighted by Gasteiger charge is -2.31. The van der Waals surface area contributed by atoms with Gasteiger partial charge in [0.15, 0.2) is 0 Å². The summed E-state index contributed by atoms with van der Waals surface area (Å²) in [6.45, 7) is 3.10. The molecule has 1 saturated heterocycles. The van der Waals surface area contributed by atoms with Gasteiger partial charge in [-0.2, -0.15) is 0 Å². The van der Waals surface area contributed by atoms with E-state index >= 15 is 0 Å². The first-order chi connectivity index (χ1) is 11.1. The van der Waals surface area contributed by atoms with Crippen molar-refractivity contribution in [2.24, 2.45) is 11.8 Å². The molecule has 1 aromatic carbocycles. The van der Waals surface area contributed by atoms with Gasteiger partial charge >= 0.3 is 0 Å². The molecule has 1 unspecified atom stereocenters. The minimum Gasteiger partial charge on any atom is -0.349 e. The Morgan fingerprint density at radius 2 is 1.88 bits per heavy atom. The molecule has 2 aliphatic rings. The number of carbonyl (C=O) groups excluding carboxylic acids is 1. The van der Waals surface area contributed by atoms with Crippen LogP contribution in [0.4, 0.5) is 0 Å². The van der Waals surface area contributed by atoms with Gasteiger partial charge in [-0.15, -0.1) is 12.4 Å². The first-order valence-electron chi connectivity index (χ1n) is 8.92. The van der Waals surface area contributed by atoms with Gasteiger partial charge in [-0.1, -0.05) is 36.6 Å². The van der Waals surface area contributed by atoms with E-state index in [0.29, 0.717) is 12.0 Å². The Morgan fingerprint density at radius 1 is 1.21 bits per heavy atom. The van der Waals surface area contributed by atoms with Crippen molar-refractivity contribution in [3.8, 4) is 0 Å². The Morgan fingerprint density at radius 3 is 2.50 bits per heavy atom. The third kappa shape index (κ3) is 4.87. The van der Waals surface area contributed by atoms with E-state index in [0.717, 1.165) is 24.4 Å². The minimum absolute atomic E-state index is 0. The Hall–Kier alpha value is -0.770. The highest BCUT2D eigenvalue weighted by molar-refractivity contribution is 6.30. The lowest BCUT2D eigenvalue weighted by atomic mass is 9.88. The summed E-state index contributed by atoms with van der Waals surface area (Å²) in [5.74, 6) is 0.923. The van der Waals surface area contributed by atoms with E-state index in [1.54, 1.807) is 0 Å². The van der Waals surface area contributed by atoms with E-state index in [4.69, 9.17) is 11.6 Å². The van der Waals surface area contributed by atoms with E-state index < -0.39 is 0 Å². The van der Waals surface area contributed by atoms with Crippen molar-refractivity contribution in [2.45, 2.75) is 57.5 Å². The zero-order chi connectivity index (χ0) is 16.2. The van der Waals surface area contributed by atoms with Crippen LogP contribution in [0.3, 0.4) is 0 Å². The van der Waals surface area contributed by atoms with Crippen LogP contribution in [-0.4, -0.2) is 18.5 Å². The molecule has 0 aromatic heterocycles. The fourth-order valence-corrected chi connectivity index (χ4v) is 4.20. The highest BCUT2D eigenvalue weighted by atomic mass is 35.5. The van der Waals surface area contributed by atoms with Gasteiger partial charge in [-0.05, 0) is 62.8 Å². The van der Waals surface area contributed by atoms with Crippen molar-refractivity contribution in [3.05, 3.63) is 34.9 Å². The molecule has 1 saturated carbocycles.